The topological polar surface area (TPSA) is 127 Å². The van der Waals surface area contributed by atoms with Gasteiger partial charge in [-0.15, -0.1) is 4.91 Å². The Kier molecular flexibility index (Phi) is 15.4. The van der Waals surface area contributed by atoms with Crippen molar-refractivity contribution >= 4 is 7.82 Å². The fraction of sp³-hybridized carbons (Fsp3) is 0. The summed E-state index contributed by atoms with van der Waals surface area (Å²) in [5.74, 6) is 0. The molecule has 0 amide bonds. The maximum absolute atomic E-state index is 8.88. The number of hydrogen-bond donors (Lipinski definition) is 4. The quantitative estimate of drug-likeness (QED) is 0.128. The molecule has 0 heterocycles. The minimum Gasteiger partial charge on any atom is -1.00 e. The van der Waals surface area contributed by atoms with Crippen molar-refractivity contribution in [1.29, 1.82) is 0 Å². The molecule has 52 valence electrons. The van der Waals surface area contributed by atoms with Gasteiger partial charge in [0, 0.05) is 0 Å². The Labute approximate surface area is 73.7 Å². The fourth-order valence-corrected chi connectivity index (χ4v) is 0. The van der Waals surface area contributed by atoms with Gasteiger partial charge in [0.25, 0.3) is 0 Å². The first kappa shape index (κ1) is 16.3. The van der Waals surface area contributed by atoms with Gasteiger partial charge in [-0.2, -0.15) is 0 Å². The van der Waals surface area contributed by atoms with E-state index in [0.29, 0.717) is 0 Å². The van der Waals surface area contributed by atoms with E-state index < -0.39 is 7.82 Å². The molecular formula is H5NNaO6P. The van der Waals surface area contributed by atoms with Crippen molar-refractivity contribution in [3.8, 4) is 0 Å². The molecule has 0 aromatic heterocycles. The van der Waals surface area contributed by atoms with Crippen LogP contribution in [0.1, 0.15) is 1.43 Å². The third-order valence-electron chi connectivity index (χ3n) is 0. The normalized spacial score (nSPS) is 7.89. The Balaban J connectivity index is -0.0000000326. The summed E-state index contributed by atoms with van der Waals surface area (Å²) >= 11 is 0. The molecule has 7 nitrogen and oxygen atoms in total. The van der Waals surface area contributed by atoms with Crippen molar-refractivity contribution in [2.75, 3.05) is 0 Å². The van der Waals surface area contributed by atoms with Crippen molar-refractivity contribution in [3.05, 3.63) is 4.91 Å². The van der Waals surface area contributed by atoms with Crippen molar-refractivity contribution < 1.29 is 55.4 Å². The molecule has 0 aromatic carbocycles. The molecule has 0 saturated carbocycles. The monoisotopic (exact) mass is 169 g/mol. The third-order valence-corrected chi connectivity index (χ3v) is 0. The summed E-state index contributed by atoms with van der Waals surface area (Å²) in [5, 5.41) is 7.89. The van der Waals surface area contributed by atoms with E-state index in [9.17, 15) is 0 Å². The zero-order chi connectivity index (χ0) is 7.21. The number of rotatable bonds is 0. The van der Waals surface area contributed by atoms with E-state index in [1.807, 2.05) is 0 Å². The van der Waals surface area contributed by atoms with E-state index in [4.69, 9.17) is 29.4 Å². The molecule has 0 aliphatic heterocycles. The first-order valence-corrected chi connectivity index (χ1v) is 2.73. The van der Waals surface area contributed by atoms with E-state index >= 15 is 0 Å². The summed E-state index contributed by atoms with van der Waals surface area (Å²) in [5.41, 5.74) is 0. The molecule has 0 bridgehead atoms. The number of nitrogens with zero attached hydrogens (tertiary/aromatic N) is 1. The molecule has 0 saturated heterocycles. The molecule has 0 aliphatic carbocycles. The number of hydrogen-bond acceptors (Lipinski definition) is 3. The van der Waals surface area contributed by atoms with Crippen LogP contribution in [0.25, 0.3) is 0 Å². The average molecular weight is 169 g/mol. The number of phosphoric acid groups is 1. The van der Waals surface area contributed by atoms with E-state index in [0.717, 1.165) is 0 Å². The Hall–Kier alpha value is 0.510. The molecule has 0 aliphatic rings. The Bertz CT molecular complexity index is 91.7. The molecule has 9 heteroatoms. The van der Waals surface area contributed by atoms with Gasteiger partial charge in [-0.1, -0.05) is 0 Å². The van der Waals surface area contributed by atoms with Crippen LogP contribution in [0.3, 0.4) is 0 Å². The minimum atomic E-state index is -4.64. The third kappa shape index (κ3) is 1390. The van der Waals surface area contributed by atoms with Crippen molar-refractivity contribution in [3.63, 3.8) is 0 Å². The van der Waals surface area contributed by atoms with Gasteiger partial charge in [0.15, 0.2) is 5.34 Å². The average Bonchev–Trinajstić information content (AvgIpc) is 1.27. The van der Waals surface area contributed by atoms with E-state index in [2.05, 4.69) is 0 Å². The zero-order valence-electron chi connectivity index (χ0n) is 5.50. The summed E-state index contributed by atoms with van der Waals surface area (Å²) in [6.07, 6.45) is 0. The van der Waals surface area contributed by atoms with Gasteiger partial charge in [0.05, 0.1) is 0 Å². The smallest absolute Gasteiger partial charge is 1.00 e. The van der Waals surface area contributed by atoms with Crippen LogP contribution < -0.4 is 29.6 Å². The fourth-order valence-electron chi connectivity index (χ4n) is 0. The van der Waals surface area contributed by atoms with Gasteiger partial charge in [0.2, 0.25) is 0 Å². The van der Waals surface area contributed by atoms with Gasteiger partial charge < -0.3 is 21.3 Å². The van der Waals surface area contributed by atoms with E-state index in [-0.39, 0.29) is 31.0 Å². The van der Waals surface area contributed by atoms with Crippen LogP contribution in [-0.2, 0) is 4.57 Å². The Morgan fingerprint density at radius 3 is 1.33 bits per heavy atom. The summed E-state index contributed by atoms with van der Waals surface area (Å²) in [7, 11) is -4.64. The Morgan fingerprint density at radius 1 is 1.33 bits per heavy atom. The van der Waals surface area contributed by atoms with Gasteiger partial charge in [-0.25, -0.2) is 4.57 Å². The van der Waals surface area contributed by atoms with Crippen molar-refractivity contribution in [2.24, 2.45) is 5.34 Å². The van der Waals surface area contributed by atoms with Crippen LogP contribution in [0, 0.1) is 4.91 Å². The second-order valence-electron chi connectivity index (χ2n) is 0.595. The van der Waals surface area contributed by atoms with Gasteiger partial charge in [-0.3, -0.25) is 0 Å². The molecule has 0 aromatic rings. The predicted octanol–water partition coefficient (Wildman–Crippen LogP) is -3.67. The molecule has 0 unspecified atom stereocenters. The summed E-state index contributed by atoms with van der Waals surface area (Å²) < 4.78 is 8.88. The maximum Gasteiger partial charge on any atom is 1.00 e. The second-order valence-corrected chi connectivity index (χ2v) is 1.62. The summed E-state index contributed by atoms with van der Waals surface area (Å²) in [4.78, 5) is 29.7. The standard InChI is InChI=1S/HNO2.Na.H3O4P.H/c2-1-3;;1-5(2,3)4;/h(H,2,3);;(H3,1,2,3,4);/q;+1;;-1. The SMILES string of the molecule is O=NO.O=P(O)(O)O.[H-].[Na+]. The first-order chi connectivity index (χ1) is 3.41. The molecule has 0 radical (unpaired) electrons. The molecular weight excluding hydrogens is 164 g/mol. The van der Waals surface area contributed by atoms with E-state index in [1.165, 1.54) is 5.34 Å². The van der Waals surface area contributed by atoms with Gasteiger partial charge in [-0.05, 0) is 0 Å². The van der Waals surface area contributed by atoms with E-state index in [1.54, 1.807) is 0 Å². The Morgan fingerprint density at radius 2 is 1.33 bits per heavy atom. The largest absolute Gasteiger partial charge is 1.00 e. The minimum absolute atomic E-state index is 0. The maximum atomic E-state index is 8.88. The molecule has 0 spiro atoms. The van der Waals surface area contributed by atoms with Crippen LogP contribution in [-0.4, -0.2) is 19.9 Å². The molecule has 0 fully saturated rings. The van der Waals surface area contributed by atoms with Crippen molar-refractivity contribution in [2.45, 2.75) is 0 Å². The van der Waals surface area contributed by atoms with Crippen LogP contribution in [0.2, 0.25) is 0 Å². The molecule has 0 atom stereocenters. The van der Waals surface area contributed by atoms with Gasteiger partial charge in [0.1, 0.15) is 0 Å². The summed E-state index contributed by atoms with van der Waals surface area (Å²) in [6, 6.07) is 0. The molecule has 9 heavy (non-hydrogen) atoms. The molecule has 4 N–H and O–H groups in total. The van der Waals surface area contributed by atoms with Crippen LogP contribution in [0.4, 0.5) is 0 Å². The predicted molar refractivity (Wildman–Crippen MR) is 23.0 cm³/mol. The van der Waals surface area contributed by atoms with Crippen LogP contribution >= 0.6 is 7.82 Å². The van der Waals surface area contributed by atoms with Crippen LogP contribution in [0.5, 0.6) is 0 Å². The molecule has 0 rings (SSSR count). The summed E-state index contributed by atoms with van der Waals surface area (Å²) in [6.45, 7) is 0. The van der Waals surface area contributed by atoms with Crippen molar-refractivity contribution in [1.82, 2.24) is 0 Å². The zero-order valence-corrected chi connectivity index (χ0v) is 7.39. The second kappa shape index (κ2) is 8.51. The van der Waals surface area contributed by atoms with Crippen LogP contribution in [0.15, 0.2) is 5.34 Å². The first-order valence-electron chi connectivity index (χ1n) is 1.17. The van der Waals surface area contributed by atoms with Gasteiger partial charge >= 0.3 is 37.4 Å².